The minimum absolute atomic E-state index is 0. The number of carbonyl (C=O) groups excluding carboxylic acids is 1. The van der Waals surface area contributed by atoms with Gasteiger partial charge in [-0.25, -0.2) is 12.7 Å². The lowest BCUT2D eigenvalue weighted by atomic mass is 9.70. The number of hydrogen-bond acceptors (Lipinski definition) is 6. The summed E-state index contributed by atoms with van der Waals surface area (Å²) < 4.78 is 34.9. The van der Waals surface area contributed by atoms with Crippen LogP contribution in [0.3, 0.4) is 0 Å². The minimum Gasteiger partial charge on any atom is -0.507 e. The van der Waals surface area contributed by atoms with Gasteiger partial charge in [-0.2, -0.15) is 0 Å². The summed E-state index contributed by atoms with van der Waals surface area (Å²) in [5, 5.41) is 10.7. The van der Waals surface area contributed by atoms with Crippen molar-refractivity contribution in [2.75, 3.05) is 25.4 Å². The highest BCUT2D eigenvalue weighted by atomic mass is 35.5. The molecule has 1 saturated heterocycles. The molecule has 2 heterocycles. The molecule has 4 atom stereocenters. The molecule has 0 aromatic heterocycles. The Labute approximate surface area is 215 Å². The lowest BCUT2D eigenvalue weighted by molar-refractivity contribution is -0.128. The molecule has 2 aliphatic carbocycles. The molecule has 0 spiro atoms. The van der Waals surface area contributed by atoms with Crippen LogP contribution in [0.25, 0.3) is 0 Å². The van der Waals surface area contributed by atoms with E-state index in [2.05, 4.69) is 13.8 Å². The number of carbonyl (C=O) groups is 1. The van der Waals surface area contributed by atoms with Crippen LogP contribution in [0, 0.1) is 29.6 Å². The minimum atomic E-state index is -3.53. The van der Waals surface area contributed by atoms with Gasteiger partial charge >= 0.3 is 0 Å². The number of hydrogen-bond donors (Lipinski definition) is 2. The van der Waals surface area contributed by atoms with Crippen LogP contribution in [0.15, 0.2) is 12.1 Å². The largest absolute Gasteiger partial charge is 0.507 e. The van der Waals surface area contributed by atoms with Crippen molar-refractivity contribution in [3.8, 4) is 5.75 Å². The van der Waals surface area contributed by atoms with Crippen molar-refractivity contribution in [3.05, 3.63) is 28.8 Å². The number of nitrogens with zero attached hydrogens (tertiary/aromatic N) is 1. The number of ether oxygens (including phenoxy) is 1. The number of ketones is 1. The molecule has 2 aliphatic heterocycles. The fraction of sp³-hybridized carbons (Fsp3) is 0.731. The average Bonchev–Trinajstić information content (AvgIpc) is 3.15. The molecule has 0 radical (unpaired) electrons. The number of sulfonamides is 1. The van der Waals surface area contributed by atoms with Gasteiger partial charge in [0.1, 0.15) is 11.5 Å². The monoisotopic (exact) mass is 526 g/mol. The molecular weight excluding hydrogens is 488 g/mol. The van der Waals surface area contributed by atoms with E-state index in [1.54, 1.807) is 4.31 Å². The third kappa shape index (κ3) is 4.13. The molecule has 0 amide bonds. The van der Waals surface area contributed by atoms with Crippen molar-refractivity contribution in [3.63, 3.8) is 0 Å². The van der Waals surface area contributed by atoms with Crippen molar-refractivity contribution in [1.82, 2.24) is 4.31 Å². The quantitative estimate of drug-likeness (QED) is 0.607. The van der Waals surface area contributed by atoms with Gasteiger partial charge in [0, 0.05) is 43.5 Å². The Bertz CT molecular complexity index is 1100. The third-order valence-electron chi connectivity index (χ3n) is 9.81. The molecule has 7 nitrogen and oxygen atoms in total. The molecule has 1 aromatic rings. The van der Waals surface area contributed by atoms with Crippen LogP contribution < -0.4 is 5.73 Å². The summed E-state index contributed by atoms with van der Waals surface area (Å²) in [6.45, 7) is 7.29. The summed E-state index contributed by atoms with van der Waals surface area (Å²) >= 11 is 0. The van der Waals surface area contributed by atoms with E-state index >= 15 is 0 Å². The molecule has 1 aromatic carbocycles. The second-order valence-corrected chi connectivity index (χ2v) is 13.5. The van der Waals surface area contributed by atoms with Gasteiger partial charge in [-0.05, 0) is 61.0 Å². The van der Waals surface area contributed by atoms with Crippen LogP contribution in [0.2, 0.25) is 0 Å². The Hall–Kier alpha value is -1.19. The van der Waals surface area contributed by atoms with Gasteiger partial charge in [0.25, 0.3) is 0 Å². The topological polar surface area (TPSA) is 110 Å². The summed E-state index contributed by atoms with van der Waals surface area (Å²) in [5.41, 5.74) is 7.73. The first-order valence-corrected chi connectivity index (χ1v) is 14.3. The van der Waals surface area contributed by atoms with Crippen molar-refractivity contribution in [1.29, 1.82) is 0 Å². The number of fused-ring (bicyclic) bond motifs is 3. The summed E-state index contributed by atoms with van der Waals surface area (Å²) in [5.74, 6) is 0.921. The molecule has 2 bridgehead atoms. The van der Waals surface area contributed by atoms with Crippen molar-refractivity contribution < 1.29 is 23.1 Å². The zero-order valence-electron chi connectivity index (χ0n) is 21.0. The number of nitrogens with two attached hydrogens (primary N) is 1. The number of aromatic hydroxyl groups is 1. The SMILES string of the molecule is Cc1ccc2c(c1O)C[C@@H](C1CCN(S(=O)(=O)C[C@@]34CC[C@@H](CC3=O)C4(C)C)CC1)O[C@H]2CN.Cl. The second kappa shape index (κ2) is 9.28. The van der Waals surface area contributed by atoms with Crippen molar-refractivity contribution in [2.24, 2.45) is 28.4 Å². The molecule has 4 aliphatic rings. The van der Waals surface area contributed by atoms with Crippen LogP contribution in [-0.2, 0) is 26.0 Å². The number of Topliss-reactive ketones (excluding diaryl/α,β-unsaturated/α-hetero) is 1. The standard InChI is InChI=1S/C26H38N2O5S.ClH/c1-16-4-5-19-20(24(16)30)13-21(33-22(19)14-27)17-7-10-28(11-8-17)34(31,32)15-26-9-6-18(12-23(26)29)25(26,2)3;/h4-5,17-18,21-22,30H,6-15,27H2,1-3H3;1H/t18-,21-,22-,26-;/m0./s1. The molecule has 2 saturated carbocycles. The van der Waals surface area contributed by atoms with E-state index in [0.29, 0.717) is 63.4 Å². The maximum absolute atomic E-state index is 13.5. The van der Waals surface area contributed by atoms with Crippen molar-refractivity contribution in [2.45, 2.75) is 71.5 Å². The van der Waals surface area contributed by atoms with E-state index < -0.39 is 15.4 Å². The fourth-order valence-corrected chi connectivity index (χ4v) is 9.57. The van der Waals surface area contributed by atoms with Crippen LogP contribution in [0.4, 0.5) is 0 Å². The first kappa shape index (κ1) is 26.9. The van der Waals surface area contributed by atoms with Crippen LogP contribution in [-0.4, -0.2) is 55.1 Å². The first-order valence-electron chi connectivity index (χ1n) is 12.7. The van der Waals surface area contributed by atoms with Gasteiger partial charge in [0.15, 0.2) is 0 Å². The van der Waals surface area contributed by atoms with E-state index in [1.165, 1.54) is 0 Å². The maximum Gasteiger partial charge on any atom is 0.215 e. The van der Waals surface area contributed by atoms with Gasteiger partial charge in [-0.1, -0.05) is 26.0 Å². The highest BCUT2D eigenvalue weighted by Crippen LogP contribution is 2.64. The number of aryl methyl sites for hydroxylation is 1. The van der Waals surface area contributed by atoms with Crippen LogP contribution in [0.5, 0.6) is 5.75 Å². The highest BCUT2D eigenvalue weighted by molar-refractivity contribution is 7.89. The Morgan fingerprint density at radius 1 is 1.17 bits per heavy atom. The van der Waals surface area contributed by atoms with Gasteiger partial charge in [-0.15, -0.1) is 12.4 Å². The lowest BCUT2D eigenvalue weighted by Gasteiger charge is -2.41. The summed E-state index contributed by atoms with van der Waals surface area (Å²) in [7, 11) is -3.53. The molecule has 196 valence electrons. The number of benzene rings is 1. The Kier molecular flexibility index (Phi) is 7.12. The average molecular weight is 527 g/mol. The van der Waals surface area contributed by atoms with Gasteiger partial charge < -0.3 is 15.6 Å². The number of phenols is 1. The summed E-state index contributed by atoms with van der Waals surface area (Å²) in [4.78, 5) is 12.9. The van der Waals surface area contributed by atoms with Crippen LogP contribution in [0.1, 0.15) is 68.7 Å². The molecule has 35 heavy (non-hydrogen) atoms. The number of piperidine rings is 1. The molecule has 3 N–H and O–H groups in total. The summed E-state index contributed by atoms with van der Waals surface area (Å²) in [6.07, 6.45) is 3.84. The zero-order chi connectivity index (χ0) is 24.5. The van der Waals surface area contributed by atoms with Gasteiger partial charge in [0.2, 0.25) is 10.0 Å². The lowest BCUT2D eigenvalue weighted by Crippen LogP contribution is -2.49. The van der Waals surface area contributed by atoms with E-state index in [9.17, 15) is 18.3 Å². The number of rotatable bonds is 5. The predicted octanol–water partition coefficient (Wildman–Crippen LogP) is 3.50. The smallest absolute Gasteiger partial charge is 0.215 e. The fourth-order valence-electron chi connectivity index (χ4n) is 7.32. The van der Waals surface area contributed by atoms with E-state index in [-0.39, 0.29) is 47.5 Å². The molecule has 3 fully saturated rings. The maximum atomic E-state index is 13.5. The van der Waals surface area contributed by atoms with E-state index in [4.69, 9.17) is 10.5 Å². The summed E-state index contributed by atoms with van der Waals surface area (Å²) in [6, 6.07) is 3.89. The van der Waals surface area contributed by atoms with Gasteiger partial charge in [-0.3, -0.25) is 4.79 Å². The highest BCUT2D eigenvalue weighted by Gasteiger charge is 2.65. The Morgan fingerprint density at radius 2 is 1.86 bits per heavy atom. The zero-order valence-corrected chi connectivity index (χ0v) is 22.6. The van der Waals surface area contributed by atoms with E-state index in [0.717, 1.165) is 23.1 Å². The number of phenolic OH excluding ortho intramolecular Hbond substituents is 1. The normalized spacial score (nSPS) is 32.9. The van der Waals surface area contributed by atoms with Crippen molar-refractivity contribution >= 4 is 28.2 Å². The Balaban J connectivity index is 0.00000289. The Morgan fingerprint density at radius 3 is 2.43 bits per heavy atom. The molecule has 5 rings (SSSR count). The first-order chi connectivity index (χ1) is 16.0. The number of halogens is 1. The molecule has 0 unspecified atom stereocenters. The van der Waals surface area contributed by atoms with Gasteiger partial charge in [0.05, 0.1) is 18.0 Å². The second-order valence-electron chi connectivity index (χ2n) is 11.6. The van der Waals surface area contributed by atoms with Crippen LogP contribution >= 0.6 is 12.4 Å². The predicted molar refractivity (Wildman–Crippen MR) is 137 cm³/mol. The third-order valence-corrected chi connectivity index (χ3v) is 11.8. The van der Waals surface area contributed by atoms with E-state index in [1.807, 2.05) is 19.1 Å². The molecular formula is C26H39ClN2O5S. The molecule has 9 heteroatoms.